The highest BCUT2D eigenvalue weighted by Gasteiger charge is 2.41. The molecule has 0 saturated heterocycles. The first-order valence-corrected chi connectivity index (χ1v) is 5.64. The van der Waals surface area contributed by atoms with Crippen molar-refractivity contribution in [3.63, 3.8) is 0 Å². The lowest BCUT2D eigenvalue weighted by Gasteiger charge is -2.13. The quantitative estimate of drug-likeness (QED) is 0.746. The van der Waals surface area contributed by atoms with Crippen molar-refractivity contribution in [1.82, 2.24) is 5.32 Å². The summed E-state index contributed by atoms with van der Waals surface area (Å²) in [7, 11) is 0. The van der Waals surface area contributed by atoms with Crippen LogP contribution in [0.3, 0.4) is 0 Å². The number of benzene rings is 1. The fraction of sp³-hybridized carbons (Fsp3) is 0.417. The molecule has 1 saturated carbocycles. The number of hydrogen-bond acceptors (Lipinski definition) is 2. The van der Waals surface area contributed by atoms with Crippen molar-refractivity contribution in [1.29, 1.82) is 0 Å². The number of anilines is 1. The number of nitrogens with one attached hydrogen (secondary N) is 2. The van der Waals surface area contributed by atoms with Gasteiger partial charge < -0.3 is 16.4 Å². The first-order chi connectivity index (χ1) is 8.13. The molecule has 2 rings (SSSR count). The molecule has 2 amide bonds. The summed E-state index contributed by atoms with van der Waals surface area (Å²) in [4.78, 5) is 11.5. The standard InChI is InChI=1S/C12H16FN3O/c13-9-2-1-3-10(6-9)16-11(17)15-8-12(7-14)4-5-12/h1-3,6H,4-5,7-8,14H2,(H2,15,16,17). The summed E-state index contributed by atoms with van der Waals surface area (Å²) in [5, 5.41) is 5.33. The number of nitrogens with two attached hydrogens (primary N) is 1. The summed E-state index contributed by atoms with van der Waals surface area (Å²) in [6, 6.07) is 5.47. The molecule has 1 aromatic rings. The zero-order chi connectivity index (χ0) is 12.3. The van der Waals surface area contributed by atoms with E-state index in [1.807, 2.05) is 0 Å². The molecule has 0 aromatic heterocycles. The Morgan fingerprint density at radius 3 is 2.82 bits per heavy atom. The molecule has 0 aliphatic heterocycles. The predicted octanol–water partition coefficient (Wildman–Crippen LogP) is 1.69. The topological polar surface area (TPSA) is 67.1 Å². The van der Waals surface area contributed by atoms with Gasteiger partial charge in [0.15, 0.2) is 0 Å². The SMILES string of the molecule is NCC1(CNC(=O)Nc2cccc(F)c2)CC1. The lowest BCUT2D eigenvalue weighted by molar-refractivity contribution is 0.249. The number of amides is 2. The highest BCUT2D eigenvalue weighted by atomic mass is 19.1. The summed E-state index contributed by atoms with van der Waals surface area (Å²) >= 11 is 0. The first kappa shape index (κ1) is 11.9. The van der Waals surface area contributed by atoms with Crippen LogP contribution >= 0.6 is 0 Å². The third-order valence-electron chi connectivity index (χ3n) is 3.10. The van der Waals surface area contributed by atoms with Gasteiger partial charge in [0.1, 0.15) is 5.82 Å². The van der Waals surface area contributed by atoms with E-state index >= 15 is 0 Å². The van der Waals surface area contributed by atoms with Gasteiger partial charge in [0.2, 0.25) is 0 Å². The van der Waals surface area contributed by atoms with E-state index in [0.717, 1.165) is 12.8 Å². The first-order valence-electron chi connectivity index (χ1n) is 5.64. The van der Waals surface area contributed by atoms with Crippen molar-refractivity contribution in [2.45, 2.75) is 12.8 Å². The Morgan fingerprint density at radius 1 is 1.47 bits per heavy atom. The van der Waals surface area contributed by atoms with E-state index in [4.69, 9.17) is 5.73 Å². The highest BCUT2D eigenvalue weighted by molar-refractivity contribution is 5.89. The van der Waals surface area contributed by atoms with Crippen molar-refractivity contribution in [2.24, 2.45) is 11.1 Å². The molecular formula is C12H16FN3O. The van der Waals surface area contributed by atoms with E-state index in [1.165, 1.54) is 12.1 Å². The average molecular weight is 237 g/mol. The fourth-order valence-electron chi connectivity index (χ4n) is 1.64. The maximum atomic E-state index is 12.9. The van der Waals surface area contributed by atoms with Crippen LogP contribution in [0.1, 0.15) is 12.8 Å². The predicted molar refractivity (Wildman–Crippen MR) is 64.1 cm³/mol. The third-order valence-corrected chi connectivity index (χ3v) is 3.10. The summed E-state index contributed by atoms with van der Waals surface area (Å²) in [5.41, 5.74) is 6.15. The average Bonchev–Trinajstić information content (AvgIpc) is 3.07. The largest absolute Gasteiger partial charge is 0.337 e. The molecule has 0 heterocycles. The van der Waals surface area contributed by atoms with Crippen LogP contribution in [0.15, 0.2) is 24.3 Å². The van der Waals surface area contributed by atoms with Crippen molar-refractivity contribution in [3.05, 3.63) is 30.1 Å². The Morgan fingerprint density at radius 2 is 2.24 bits per heavy atom. The van der Waals surface area contributed by atoms with E-state index in [2.05, 4.69) is 10.6 Å². The maximum Gasteiger partial charge on any atom is 0.319 e. The Kier molecular flexibility index (Phi) is 3.28. The van der Waals surface area contributed by atoms with E-state index < -0.39 is 0 Å². The molecule has 1 aliphatic carbocycles. The lowest BCUT2D eigenvalue weighted by Crippen LogP contribution is -2.36. The van der Waals surface area contributed by atoms with Crippen LogP contribution in [0.5, 0.6) is 0 Å². The van der Waals surface area contributed by atoms with Gasteiger partial charge in [-0.3, -0.25) is 0 Å². The van der Waals surface area contributed by atoms with Gasteiger partial charge in [0.25, 0.3) is 0 Å². The van der Waals surface area contributed by atoms with Gasteiger partial charge in [-0.15, -0.1) is 0 Å². The monoisotopic (exact) mass is 237 g/mol. The van der Waals surface area contributed by atoms with Gasteiger partial charge in [-0.2, -0.15) is 0 Å². The lowest BCUT2D eigenvalue weighted by atomic mass is 10.1. The minimum Gasteiger partial charge on any atom is -0.337 e. The second kappa shape index (κ2) is 4.71. The molecule has 92 valence electrons. The Labute approximate surface area is 99.4 Å². The van der Waals surface area contributed by atoms with Crippen LogP contribution in [0.25, 0.3) is 0 Å². The van der Waals surface area contributed by atoms with Gasteiger partial charge in [-0.25, -0.2) is 9.18 Å². The van der Waals surface area contributed by atoms with E-state index in [9.17, 15) is 9.18 Å². The van der Waals surface area contributed by atoms with Gasteiger partial charge >= 0.3 is 6.03 Å². The van der Waals surface area contributed by atoms with Gasteiger partial charge in [0.05, 0.1) is 0 Å². The summed E-state index contributed by atoms with van der Waals surface area (Å²) in [5.74, 6) is -0.372. The Balaban J connectivity index is 1.81. The summed E-state index contributed by atoms with van der Waals surface area (Å²) < 4.78 is 12.9. The molecule has 1 aliphatic rings. The Bertz CT molecular complexity index is 418. The van der Waals surface area contributed by atoms with Crippen LogP contribution < -0.4 is 16.4 Å². The molecule has 1 fully saturated rings. The number of rotatable bonds is 4. The van der Waals surface area contributed by atoms with Crippen LogP contribution in [0.2, 0.25) is 0 Å². The maximum absolute atomic E-state index is 12.9. The van der Waals surface area contributed by atoms with Crippen molar-refractivity contribution in [3.8, 4) is 0 Å². The smallest absolute Gasteiger partial charge is 0.319 e. The van der Waals surface area contributed by atoms with Gasteiger partial charge in [0, 0.05) is 17.6 Å². The summed E-state index contributed by atoms with van der Waals surface area (Å²) in [6.45, 7) is 1.16. The van der Waals surface area contributed by atoms with Crippen LogP contribution in [-0.4, -0.2) is 19.1 Å². The van der Waals surface area contributed by atoms with Crippen molar-refractivity contribution in [2.75, 3.05) is 18.4 Å². The zero-order valence-electron chi connectivity index (χ0n) is 9.50. The minimum absolute atomic E-state index is 0.0965. The molecule has 0 bridgehead atoms. The van der Waals surface area contributed by atoms with Crippen LogP contribution in [0, 0.1) is 11.2 Å². The number of urea groups is 1. The van der Waals surface area contributed by atoms with E-state index in [-0.39, 0.29) is 17.3 Å². The van der Waals surface area contributed by atoms with E-state index in [1.54, 1.807) is 12.1 Å². The molecule has 0 radical (unpaired) electrons. The second-order valence-electron chi connectivity index (χ2n) is 4.52. The highest BCUT2D eigenvalue weighted by Crippen LogP contribution is 2.43. The van der Waals surface area contributed by atoms with Gasteiger partial charge in [-0.05, 0) is 37.6 Å². The fourth-order valence-corrected chi connectivity index (χ4v) is 1.64. The summed E-state index contributed by atoms with van der Waals surface area (Å²) in [6.07, 6.45) is 2.12. The zero-order valence-corrected chi connectivity index (χ0v) is 9.50. The van der Waals surface area contributed by atoms with E-state index in [0.29, 0.717) is 18.8 Å². The molecule has 1 aromatic carbocycles. The Hall–Kier alpha value is -1.62. The molecule has 4 N–H and O–H groups in total. The number of halogens is 1. The molecule has 17 heavy (non-hydrogen) atoms. The molecular weight excluding hydrogens is 221 g/mol. The van der Waals surface area contributed by atoms with Crippen molar-refractivity contribution < 1.29 is 9.18 Å². The minimum atomic E-state index is -0.372. The molecule has 4 nitrogen and oxygen atoms in total. The molecule has 5 heteroatoms. The molecule has 0 unspecified atom stereocenters. The van der Waals surface area contributed by atoms with Crippen molar-refractivity contribution >= 4 is 11.7 Å². The van der Waals surface area contributed by atoms with Crippen LogP contribution in [-0.2, 0) is 0 Å². The molecule has 0 atom stereocenters. The number of hydrogen-bond donors (Lipinski definition) is 3. The number of carbonyl (C=O) groups excluding carboxylic acids is 1. The van der Waals surface area contributed by atoms with Crippen LogP contribution in [0.4, 0.5) is 14.9 Å². The number of carbonyl (C=O) groups is 1. The molecule has 0 spiro atoms. The normalized spacial score (nSPS) is 16.4. The van der Waals surface area contributed by atoms with Gasteiger partial charge in [-0.1, -0.05) is 6.07 Å². The third kappa shape index (κ3) is 3.17. The second-order valence-corrected chi connectivity index (χ2v) is 4.52.